The van der Waals surface area contributed by atoms with E-state index < -0.39 is 0 Å². The zero-order valence-corrected chi connectivity index (χ0v) is 13.5. The lowest BCUT2D eigenvalue weighted by Gasteiger charge is -2.31. The summed E-state index contributed by atoms with van der Waals surface area (Å²) in [5.74, 6) is -0.00775. The summed E-state index contributed by atoms with van der Waals surface area (Å²) in [6.45, 7) is 6.82. The highest BCUT2D eigenvalue weighted by molar-refractivity contribution is 9.10. The van der Waals surface area contributed by atoms with Crippen LogP contribution in [0, 0.1) is 0 Å². The second-order valence-corrected chi connectivity index (χ2v) is 5.58. The Labute approximate surface area is 124 Å². The summed E-state index contributed by atoms with van der Waals surface area (Å²) in [5, 5.41) is 6.30. The minimum absolute atomic E-state index is 0.00775. The van der Waals surface area contributed by atoms with E-state index in [-0.39, 0.29) is 11.4 Å². The van der Waals surface area contributed by atoms with Crippen molar-refractivity contribution in [3.63, 3.8) is 0 Å². The van der Waals surface area contributed by atoms with Gasteiger partial charge in [0.05, 0.1) is 12.2 Å². The van der Waals surface area contributed by atoms with Gasteiger partial charge in [0.25, 0.3) is 0 Å². The maximum Gasteiger partial charge on any atom is 0.238 e. The first kappa shape index (κ1) is 16.2. The van der Waals surface area contributed by atoms with E-state index in [9.17, 15) is 4.79 Å². The summed E-state index contributed by atoms with van der Waals surface area (Å²) in [7, 11) is 0. The summed E-state index contributed by atoms with van der Waals surface area (Å²) in [4.78, 5) is 12.0. The van der Waals surface area contributed by atoms with Gasteiger partial charge in [-0.25, -0.2) is 0 Å². The number of halogens is 1. The number of carbonyl (C=O) groups is 1. The van der Waals surface area contributed by atoms with Gasteiger partial charge in [0.1, 0.15) is 0 Å². The smallest absolute Gasteiger partial charge is 0.238 e. The summed E-state index contributed by atoms with van der Waals surface area (Å²) >= 11 is 3.42. The van der Waals surface area contributed by atoms with Crippen molar-refractivity contribution in [2.75, 3.05) is 11.9 Å². The molecule has 0 aromatic heterocycles. The molecule has 0 aliphatic rings. The minimum atomic E-state index is -0.00775. The van der Waals surface area contributed by atoms with Crippen LogP contribution in [-0.4, -0.2) is 18.0 Å². The first-order valence-corrected chi connectivity index (χ1v) is 7.65. The first-order valence-electron chi connectivity index (χ1n) is 6.86. The topological polar surface area (TPSA) is 41.1 Å². The molecule has 1 rings (SSSR count). The van der Waals surface area contributed by atoms with Gasteiger partial charge in [-0.15, -0.1) is 0 Å². The molecular formula is C15H23BrN2O. The maximum atomic E-state index is 12.0. The van der Waals surface area contributed by atoms with Crippen LogP contribution < -0.4 is 10.6 Å². The first-order chi connectivity index (χ1) is 9.06. The molecule has 0 unspecified atom stereocenters. The van der Waals surface area contributed by atoms with E-state index in [0.717, 1.165) is 29.4 Å². The fourth-order valence-electron chi connectivity index (χ4n) is 2.15. The summed E-state index contributed by atoms with van der Waals surface area (Å²) in [6, 6.07) is 7.63. The van der Waals surface area contributed by atoms with Crippen molar-refractivity contribution in [2.45, 2.75) is 45.6 Å². The van der Waals surface area contributed by atoms with E-state index in [4.69, 9.17) is 0 Å². The van der Waals surface area contributed by atoms with E-state index in [1.165, 1.54) is 0 Å². The SMILES string of the molecule is CCC(CC)(CC)NCC(=O)Nc1ccccc1Br. The Morgan fingerprint density at radius 3 is 2.26 bits per heavy atom. The number of carbonyl (C=O) groups excluding carboxylic acids is 1. The average molecular weight is 327 g/mol. The number of hydrogen-bond acceptors (Lipinski definition) is 2. The van der Waals surface area contributed by atoms with Crippen LogP contribution in [0.15, 0.2) is 28.7 Å². The van der Waals surface area contributed by atoms with Crippen LogP contribution in [0.3, 0.4) is 0 Å². The van der Waals surface area contributed by atoms with Crippen molar-refractivity contribution in [1.82, 2.24) is 5.32 Å². The minimum Gasteiger partial charge on any atom is -0.324 e. The van der Waals surface area contributed by atoms with Crippen molar-refractivity contribution in [1.29, 1.82) is 0 Å². The van der Waals surface area contributed by atoms with Crippen molar-refractivity contribution in [2.24, 2.45) is 0 Å². The van der Waals surface area contributed by atoms with Crippen LogP contribution in [0.2, 0.25) is 0 Å². The van der Waals surface area contributed by atoms with Gasteiger partial charge in [-0.3, -0.25) is 4.79 Å². The maximum absolute atomic E-state index is 12.0. The molecule has 0 saturated carbocycles. The van der Waals surface area contributed by atoms with Crippen LogP contribution in [0.1, 0.15) is 40.0 Å². The molecule has 0 heterocycles. The van der Waals surface area contributed by atoms with Gasteiger partial charge in [0, 0.05) is 10.0 Å². The Hall–Kier alpha value is -0.870. The molecule has 0 radical (unpaired) electrons. The fraction of sp³-hybridized carbons (Fsp3) is 0.533. The predicted octanol–water partition coefficient (Wildman–Crippen LogP) is 3.95. The zero-order valence-electron chi connectivity index (χ0n) is 11.9. The molecule has 0 fully saturated rings. The Morgan fingerprint density at radius 1 is 1.16 bits per heavy atom. The van der Waals surface area contributed by atoms with Gasteiger partial charge in [-0.1, -0.05) is 32.9 Å². The van der Waals surface area contributed by atoms with Gasteiger partial charge >= 0.3 is 0 Å². The number of amides is 1. The third kappa shape index (κ3) is 4.62. The number of nitrogens with one attached hydrogen (secondary N) is 2. The standard InChI is InChI=1S/C15H23BrN2O/c1-4-15(5-2,6-3)17-11-14(19)18-13-10-8-7-9-12(13)16/h7-10,17H,4-6,11H2,1-3H3,(H,18,19). The van der Waals surface area contributed by atoms with Crippen LogP contribution in [0.4, 0.5) is 5.69 Å². The second kappa shape index (κ2) is 7.65. The summed E-state index contributed by atoms with van der Waals surface area (Å²) < 4.78 is 0.899. The molecule has 0 atom stereocenters. The van der Waals surface area contributed by atoms with E-state index in [2.05, 4.69) is 47.3 Å². The zero-order chi connectivity index (χ0) is 14.3. The number of benzene rings is 1. The molecule has 0 spiro atoms. The highest BCUT2D eigenvalue weighted by Crippen LogP contribution is 2.21. The Kier molecular flexibility index (Phi) is 6.52. The highest BCUT2D eigenvalue weighted by Gasteiger charge is 2.23. The van der Waals surface area contributed by atoms with E-state index >= 15 is 0 Å². The molecule has 0 aliphatic carbocycles. The molecule has 1 aromatic carbocycles. The van der Waals surface area contributed by atoms with E-state index in [1.807, 2.05) is 24.3 Å². The third-order valence-corrected chi connectivity index (χ3v) is 4.49. The van der Waals surface area contributed by atoms with Gasteiger partial charge in [-0.05, 0) is 47.3 Å². The molecule has 1 aromatic rings. The average Bonchev–Trinajstić information content (AvgIpc) is 2.44. The predicted molar refractivity (Wildman–Crippen MR) is 84.4 cm³/mol. The quantitative estimate of drug-likeness (QED) is 0.796. The molecule has 4 heteroatoms. The van der Waals surface area contributed by atoms with Crippen molar-refractivity contribution in [3.8, 4) is 0 Å². The van der Waals surface area contributed by atoms with Crippen LogP contribution in [-0.2, 0) is 4.79 Å². The Bertz CT molecular complexity index is 408. The van der Waals surface area contributed by atoms with Crippen molar-refractivity contribution in [3.05, 3.63) is 28.7 Å². The number of hydrogen-bond donors (Lipinski definition) is 2. The fourth-order valence-corrected chi connectivity index (χ4v) is 2.53. The van der Waals surface area contributed by atoms with E-state index in [0.29, 0.717) is 6.54 Å². The third-order valence-electron chi connectivity index (χ3n) is 3.80. The summed E-state index contributed by atoms with van der Waals surface area (Å²) in [5.41, 5.74) is 0.884. The molecule has 19 heavy (non-hydrogen) atoms. The second-order valence-electron chi connectivity index (χ2n) is 4.72. The monoisotopic (exact) mass is 326 g/mol. The van der Waals surface area contributed by atoms with Gasteiger partial charge in [-0.2, -0.15) is 0 Å². The summed E-state index contributed by atoms with van der Waals surface area (Å²) in [6.07, 6.45) is 3.09. The van der Waals surface area contributed by atoms with Gasteiger partial charge in [0.2, 0.25) is 5.91 Å². The molecule has 0 saturated heterocycles. The molecular weight excluding hydrogens is 304 g/mol. The molecule has 3 nitrogen and oxygen atoms in total. The number of para-hydroxylation sites is 1. The number of anilines is 1. The lowest BCUT2D eigenvalue weighted by Crippen LogP contribution is -2.47. The molecule has 2 N–H and O–H groups in total. The Morgan fingerprint density at radius 2 is 1.74 bits per heavy atom. The largest absolute Gasteiger partial charge is 0.324 e. The van der Waals surface area contributed by atoms with Crippen molar-refractivity contribution >= 4 is 27.5 Å². The van der Waals surface area contributed by atoms with E-state index in [1.54, 1.807) is 0 Å². The molecule has 0 aliphatic heterocycles. The van der Waals surface area contributed by atoms with Gasteiger partial charge < -0.3 is 10.6 Å². The molecule has 1 amide bonds. The molecule has 0 bridgehead atoms. The molecule has 106 valence electrons. The van der Waals surface area contributed by atoms with Crippen LogP contribution in [0.5, 0.6) is 0 Å². The lowest BCUT2D eigenvalue weighted by atomic mass is 9.90. The normalized spacial score (nSPS) is 11.4. The highest BCUT2D eigenvalue weighted by atomic mass is 79.9. The lowest BCUT2D eigenvalue weighted by molar-refractivity contribution is -0.115. The Balaban J connectivity index is 2.55. The van der Waals surface area contributed by atoms with Crippen LogP contribution >= 0.6 is 15.9 Å². The number of rotatable bonds is 7. The van der Waals surface area contributed by atoms with Crippen molar-refractivity contribution < 1.29 is 4.79 Å². The van der Waals surface area contributed by atoms with Crippen LogP contribution in [0.25, 0.3) is 0 Å². The van der Waals surface area contributed by atoms with Gasteiger partial charge in [0.15, 0.2) is 0 Å².